The van der Waals surface area contributed by atoms with Crippen LogP contribution in [0.15, 0.2) is 18.2 Å². The Kier molecular flexibility index (Phi) is 3.09. The van der Waals surface area contributed by atoms with Crippen LogP contribution in [0.2, 0.25) is 0 Å². The molecule has 1 aliphatic carbocycles. The topological polar surface area (TPSA) is 28.2 Å². The first kappa shape index (κ1) is 10.3. The molecular weight excluding hydrogens is 186 g/mol. The molecule has 2 rings (SSSR count). The SMILES string of the molecule is CCN(CC1CC1)c1cccc(NC)n1. The summed E-state index contributed by atoms with van der Waals surface area (Å²) in [6.45, 7) is 4.39. The van der Waals surface area contributed by atoms with Crippen molar-refractivity contribution in [3.8, 4) is 0 Å². The Hall–Kier alpha value is -1.25. The summed E-state index contributed by atoms with van der Waals surface area (Å²) in [5.74, 6) is 2.95. The van der Waals surface area contributed by atoms with E-state index in [0.29, 0.717) is 0 Å². The van der Waals surface area contributed by atoms with Crippen LogP contribution < -0.4 is 10.2 Å². The minimum absolute atomic E-state index is 0.907. The molecule has 0 radical (unpaired) electrons. The van der Waals surface area contributed by atoms with Crippen LogP contribution >= 0.6 is 0 Å². The Morgan fingerprint density at radius 2 is 2.27 bits per heavy atom. The molecule has 1 saturated carbocycles. The molecule has 1 aromatic rings. The van der Waals surface area contributed by atoms with Gasteiger partial charge in [-0.3, -0.25) is 0 Å². The summed E-state index contributed by atoms with van der Waals surface area (Å²) in [5, 5.41) is 3.08. The van der Waals surface area contributed by atoms with Gasteiger partial charge in [0.25, 0.3) is 0 Å². The second kappa shape index (κ2) is 4.51. The van der Waals surface area contributed by atoms with E-state index in [2.05, 4.69) is 34.3 Å². The highest BCUT2D eigenvalue weighted by Gasteiger charge is 2.24. The van der Waals surface area contributed by atoms with Gasteiger partial charge in [0, 0.05) is 20.1 Å². The van der Waals surface area contributed by atoms with E-state index in [0.717, 1.165) is 30.6 Å². The summed E-state index contributed by atoms with van der Waals surface area (Å²) < 4.78 is 0. The maximum atomic E-state index is 4.56. The zero-order valence-corrected chi connectivity index (χ0v) is 9.53. The Balaban J connectivity index is 2.09. The van der Waals surface area contributed by atoms with Crippen LogP contribution in [-0.2, 0) is 0 Å². The molecule has 0 aromatic carbocycles. The molecule has 3 nitrogen and oxygen atoms in total. The minimum atomic E-state index is 0.907. The molecule has 0 bridgehead atoms. The number of rotatable bonds is 5. The van der Waals surface area contributed by atoms with Crippen molar-refractivity contribution in [2.75, 3.05) is 30.4 Å². The van der Waals surface area contributed by atoms with Crippen LogP contribution in [0.1, 0.15) is 19.8 Å². The van der Waals surface area contributed by atoms with Crippen molar-refractivity contribution < 1.29 is 0 Å². The summed E-state index contributed by atoms with van der Waals surface area (Å²) in [6, 6.07) is 6.14. The maximum Gasteiger partial charge on any atom is 0.130 e. The monoisotopic (exact) mass is 205 g/mol. The molecule has 0 unspecified atom stereocenters. The Morgan fingerprint density at radius 3 is 2.87 bits per heavy atom. The fraction of sp³-hybridized carbons (Fsp3) is 0.583. The first-order valence-corrected chi connectivity index (χ1v) is 5.73. The van der Waals surface area contributed by atoms with Crippen LogP contribution in [0.3, 0.4) is 0 Å². The number of hydrogen-bond acceptors (Lipinski definition) is 3. The molecule has 0 saturated heterocycles. The first-order chi connectivity index (χ1) is 7.33. The van der Waals surface area contributed by atoms with Gasteiger partial charge >= 0.3 is 0 Å². The lowest BCUT2D eigenvalue weighted by molar-refractivity contribution is 0.732. The van der Waals surface area contributed by atoms with Crippen molar-refractivity contribution in [2.24, 2.45) is 5.92 Å². The highest BCUT2D eigenvalue weighted by Crippen LogP contribution is 2.31. The maximum absolute atomic E-state index is 4.56. The molecule has 82 valence electrons. The third kappa shape index (κ3) is 2.61. The van der Waals surface area contributed by atoms with Crippen LogP contribution in [0, 0.1) is 5.92 Å². The average molecular weight is 205 g/mol. The second-order valence-corrected chi connectivity index (χ2v) is 4.11. The minimum Gasteiger partial charge on any atom is -0.373 e. The number of anilines is 2. The first-order valence-electron chi connectivity index (χ1n) is 5.73. The molecule has 1 aliphatic rings. The van der Waals surface area contributed by atoms with E-state index in [4.69, 9.17) is 0 Å². The number of pyridine rings is 1. The lowest BCUT2D eigenvalue weighted by Gasteiger charge is -2.22. The number of hydrogen-bond donors (Lipinski definition) is 1. The summed E-state index contributed by atoms with van der Waals surface area (Å²) in [7, 11) is 1.91. The predicted octanol–water partition coefficient (Wildman–Crippen LogP) is 2.36. The predicted molar refractivity (Wildman–Crippen MR) is 64.4 cm³/mol. The largest absolute Gasteiger partial charge is 0.373 e. The standard InChI is InChI=1S/C12H19N3/c1-3-15(9-10-7-8-10)12-6-4-5-11(13-2)14-12/h4-6,10H,3,7-9H2,1-2H3,(H,13,14). The van der Waals surface area contributed by atoms with E-state index in [9.17, 15) is 0 Å². The lowest BCUT2D eigenvalue weighted by atomic mass is 10.3. The second-order valence-electron chi connectivity index (χ2n) is 4.11. The molecule has 0 amide bonds. The van der Waals surface area contributed by atoms with Gasteiger partial charge in [0.15, 0.2) is 0 Å². The third-order valence-electron chi connectivity index (χ3n) is 2.87. The summed E-state index contributed by atoms with van der Waals surface area (Å²) in [6.07, 6.45) is 2.78. The van der Waals surface area contributed by atoms with Gasteiger partial charge in [0.05, 0.1) is 0 Å². The summed E-state index contributed by atoms with van der Waals surface area (Å²) in [5.41, 5.74) is 0. The van der Waals surface area contributed by atoms with Gasteiger partial charge in [-0.15, -0.1) is 0 Å². The van der Waals surface area contributed by atoms with Gasteiger partial charge in [-0.05, 0) is 37.8 Å². The van der Waals surface area contributed by atoms with Crippen LogP contribution in [0.25, 0.3) is 0 Å². The number of aromatic nitrogens is 1. The smallest absolute Gasteiger partial charge is 0.130 e. The van der Waals surface area contributed by atoms with Crippen molar-refractivity contribution in [3.05, 3.63) is 18.2 Å². The molecule has 3 heteroatoms. The molecule has 0 atom stereocenters. The molecular formula is C12H19N3. The number of nitrogens with zero attached hydrogens (tertiary/aromatic N) is 2. The van der Waals surface area contributed by atoms with Gasteiger partial charge < -0.3 is 10.2 Å². The molecule has 1 heterocycles. The summed E-state index contributed by atoms with van der Waals surface area (Å²) in [4.78, 5) is 6.92. The van der Waals surface area contributed by atoms with E-state index in [1.54, 1.807) is 0 Å². The quantitative estimate of drug-likeness (QED) is 0.800. The van der Waals surface area contributed by atoms with Crippen molar-refractivity contribution in [1.82, 2.24) is 4.98 Å². The summed E-state index contributed by atoms with van der Waals surface area (Å²) >= 11 is 0. The van der Waals surface area contributed by atoms with Gasteiger partial charge in [0.2, 0.25) is 0 Å². The Bertz CT molecular complexity index is 320. The molecule has 1 fully saturated rings. The van der Waals surface area contributed by atoms with E-state index >= 15 is 0 Å². The Labute approximate surface area is 91.5 Å². The highest BCUT2D eigenvalue weighted by molar-refractivity contribution is 5.46. The number of nitrogens with one attached hydrogen (secondary N) is 1. The lowest BCUT2D eigenvalue weighted by Crippen LogP contribution is -2.26. The van der Waals surface area contributed by atoms with Gasteiger partial charge in [-0.2, -0.15) is 0 Å². The molecule has 1 N–H and O–H groups in total. The van der Waals surface area contributed by atoms with Gasteiger partial charge in [-0.1, -0.05) is 6.07 Å². The molecule has 0 spiro atoms. The van der Waals surface area contributed by atoms with E-state index in [-0.39, 0.29) is 0 Å². The van der Waals surface area contributed by atoms with Crippen molar-refractivity contribution in [3.63, 3.8) is 0 Å². The molecule has 1 aromatic heterocycles. The third-order valence-corrected chi connectivity index (χ3v) is 2.87. The van der Waals surface area contributed by atoms with Crippen LogP contribution in [-0.4, -0.2) is 25.1 Å². The van der Waals surface area contributed by atoms with E-state index in [1.807, 2.05) is 13.1 Å². The highest BCUT2D eigenvalue weighted by atomic mass is 15.2. The average Bonchev–Trinajstić information content (AvgIpc) is 3.10. The van der Waals surface area contributed by atoms with E-state index in [1.165, 1.54) is 12.8 Å². The van der Waals surface area contributed by atoms with Crippen LogP contribution in [0.5, 0.6) is 0 Å². The van der Waals surface area contributed by atoms with Crippen molar-refractivity contribution in [2.45, 2.75) is 19.8 Å². The zero-order chi connectivity index (χ0) is 10.7. The fourth-order valence-corrected chi connectivity index (χ4v) is 1.74. The van der Waals surface area contributed by atoms with Crippen molar-refractivity contribution in [1.29, 1.82) is 0 Å². The normalized spacial score (nSPS) is 15.1. The molecule has 0 aliphatic heterocycles. The Morgan fingerprint density at radius 1 is 1.47 bits per heavy atom. The fourth-order valence-electron chi connectivity index (χ4n) is 1.74. The van der Waals surface area contributed by atoms with Gasteiger partial charge in [0.1, 0.15) is 11.6 Å². The zero-order valence-electron chi connectivity index (χ0n) is 9.53. The van der Waals surface area contributed by atoms with Crippen molar-refractivity contribution >= 4 is 11.6 Å². The van der Waals surface area contributed by atoms with Gasteiger partial charge in [-0.25, -0.2) is 4.98 Å². The van der Waals surface area contributed by atoms with Crippen LogP contribution in [0.4, 0.5) is 11.6 Å². The molecule has 15 heavy (non-hydrogen) atoms. The van der Waals surface area contributed by atoms with E-state index < -0.39 is 0 Å².